The average molecular weight is 225 g/mol. The van der Waals surface area contributed by atoms with Crippen LogP contribution in [0.3, 0.4) is 0 Å². The topological polar surface area (TPSA) is 81.6 Å². The first-order valence-corrected chi connectivity index (χ1v) is 5.24. The molecular formula is C10H15N3O3. The molecular weight excluding hydrogens is 210 g/mol. The quantitative estimate of drug-likeness (QED) is 0.752. The Hall–Kier alpha value is -1.40. The van der Waals surface area contributed by atoms with Gasteiger partial charge >= 0.3 is 0 Å². The fraction of sp³-hybridized carbons (Fsp3) is 0.600. The second kappa shape index (κ2) is 4.63. The molecule has 0 aliphatic carbocycles. The highest BCUT2D eigenvalue weighted by Crippen LogP contribution is 2.13. The molecule has 1 aromatic rings. The zero-order chi connectivity index (χ0) is 11.5. The van der Waals surface area contributed by atoms with Gasteiger partial charge in [0.2, 0.25) is 0 Å². The molecule has 0 radical (unpaired) electrons. The van der Waals surface area contributed by atoms with Crippen molar-refractivity contribution in [1.82, 2.24) is 10.1 Å². The van der Waals surface area contributed by atoms with Crippen LogP contribution in [0.1, 0.15) is 16.1 Å². The summed E-state index contributed by atoms with van der Waals surface area (Å²) in [6.45, 7) is 3.78. The van der Waals surface area contributed by atoms with E-state index in [0.717, 1.165) is 0 Å². The molecule has 88 valence electrons. The van der Waals surface area contributed by atoms with Crippen molar-refractivity contribution in [2.75, 3.05) is 26.2 Å². The Balaban J connectivity index is 2.07. The van der Waals surface area contributed by atoms with E-state index >= 15 is 0 Å². The number of carbonyl (C=O) groups excluding carboxylic acids is 1. The fourth-order valence-electron chi connectivity index (χ4n) is 1.72. The van der Waals surface area contributed by atoms with Crippen molar-refractivity contribution < 1.29 is 14.1 Å². The summed E-state index contributed by atoms with van der Waals surface area (Å²) in [4.78, 5) is 13.8. The number of morpholine rings is 1. The van der Waals surface area contributed by atoms with Gasteiger partial charge in [-0.05, 0) is 6.92 Å². The number of nitrogens with two attached hydrogens (primary N) is 1. The zero-order valence-electron chi connectivity index (χ0n) is 9.18. The van der Waals surface area contributed by atoms with Crippen LogP contribution in [-0.2, 0) is 4.74 Å². The normalized spacial score (nSPS) is 21.1. The molecule has 0 spiro atoms. The van der Waals surface area contributed by atoms with Crippen LogP contribution in [0.25, 0.3) is 0 Å². The number of aromatic nitrogens is 1. The van der Waals surface area contributed by atoms with E-state index in [2.05, 4.69) is 5.16 Å². The molecule has 2 heterocycles. The highest BCUT2D eigenvalue weighted by molar-refractivity contribution is 5.94. The van der Waals surface area contributed by atoms with Crippen molar-refractivity contribution >= 4 is 5.91 Å². The largest absolute Gasteiger partial charge is 0.373 e. The monoisotopic (exact) mass is 225 g/mol. The Morgan fingerprint density at radius 3 is 3.19 bits per heavy atom. The second-order valence-corrected chi connectivity index (χ2v) is 3.78. The van der Waals surface area contributed by atoms with E-state index in [0.29, 0.717) is 37.6 Å². The van der Waals surface area contributed by atoms with Crippen LogP contribution >= 0.6 is 0 Å². The first-order chi connectivity index (χ1) is 7.72. The first kappa shape index (κ1) is 11.1. The van der Waals surface area contributed by atoms with Crippen molar-refractivity contribution in [3.05, 3.63) is 17.5 Å². The molecule has 2 N–H and O–H groups in total. The molecule has 16 heavy (non-hydrogen) atoms. The molecule has 1 aliphatic heterocycles. The van der Waals surface area contributed by atoms with Gasteiger partial charge in [-0.25, -0.2) is 0 Å². The lowest BCUT2D eigenvalue weighted by Crippen LogP contribution is -2.48. The van der Waals surface area contributed by atoms with Crippen LogP contribution in [0, 0.1) is 6.92 Å². The molecule has 1 atom stereocenters. The van der Waals surface area contributed by atoms with Crippen molar-refractivity contribution in [2.24, 2.45) is 5.73 Å². The van der Waals surface area contributed by atoms with Gasteiger partial charge < -0.3 is 19.9 Å². The molecule has 0 saturated carbocycles. The number of amides is 1. The summed E-state index contributed by atoms with van der Waals surface area (Å²) in [6, 6.07) is 0. The lowest BCUT2D eigenvalue weighted by Gasteiger charge is -2.32. The molecule has 1 aromatic heterocycles. The number of nitrogens with zero attached hydrogens (tertiary/aromatic N) is 2. The molecule has 6 nitrogen and oxygen atoms in total. The molecule has 0 aromatic carbocycles. The van der Waals surface area contributed by atoms with E-state index in [1.54, 1.807) is 11.8 Å². The molecule has 1 amide bonds. The van der Waals surface area contributed by atoms with Crippen LogP contribution in [0.15, 0.2) is 10.7 Å². The van der Waals surface area contributed by atoms with Gasteiger partial charge in [0.25, 0.3) is 5.91 Å². The minimum Gasteiger partial charge on any atom is -0.373 e. The van der Waals surface area contributed by atoms with Crippen molar-refractivity contribution in [3.63, 3.8) is 0 Å². The summed E-state index contributed by atoms with van der Waals surface area (Å²) in [7, 11) is 0. The number of carbonyl (C=O) groups is 1. The Morgan fingerprint density at radius 2 is 2.56 bits per heavy atom. The average Bonchev–Trinajstić information content (AvgIpc) is 2.74. The first-order valence-electron chi connectivity index (χ1n) is 5.24. The predicted octanol–water partition coefficient (Wildman–Crippen LogP) is -0.217. The minimum atomic E-state index is -0.0714. The summed E-state index contributed by atoms with van der Waals surface area (Å²) < 4.78 is 10.3. The van der Waals surface area contributed by atoms with Gasteiger partial charge in [0.1, 0.15) is 11.3 Å². The number of rotatable bonds is 2. The summed E-state index contributed by atoms with van der Waals surface area (Å²) in [6.07, 6.45) is 1.38. The standard InChI is InChI=1S/C10H15N3O3/c1-7-9(5-12-16-7)10(14)13-2-3-15-8(4-11)6-13/h5,8H,2-4,6,11H2,1H3. The van der Waals surface area contributed by atoms with Gasteiger partial charge in [0.05, 0.1) is 18.9 Å². The smallest absolute Gasteiger partial charge is 0.259 e. The molecule has 1 fully saturated rings. The SMILES string of the molecule is Cc1oncc1C(=O)N1CCOC(CN)C1. The lowest BCUT2D eigenvalue weighted by atomic mass is 10.2. The van der Waals surface area contributed by atoms with Gasteiger partial charge in [-0.1, -0.05) is 5.16 Å². The number of hydrogen-bond acceptors (Lipinski definition) is 5. The molecule has 1 saturated heterocycles. The van der Waals surface area contributed by atoms with Crippen LogP contribution < -0.4 is 5.73 Å². The zero-order valence-corrected chi connectivity index (χ0v) is 9.18. The summed E-state index contributed by atoms with van der Waals surface area (Å²) in [5.41, 5.74) is 6.03. The number of ether oxygens (including phenoxy) is 1. The van der Waals surface area contributed by atoms with E-state index in [1.807, 2.05) is 0 Å². The molecule has 6 heteroatoms. The van der Waals surface area contributed by atoms with E-state index in [-0.39, 0.29) is 12.0 Å². The van der Waals surface area contributed by atoms with Crippen LogP contribution in [0.5, 0.6) is 0 Å². The van der Waals surface area contributed by atoms with Crippen LogP contribution in [0.4, 0.5) is 0 Å². The second-order valence-electron chi connectivity index (χ2n) is 3.78. The highest BCUT2D eigenvalue weighted by Gasteiger charge is 2.26. The molecule has 0 bridgehead atoms. The van der Waals surface area contributed by atoms with Gasteiger partial charge in [0.15, 0.2) is 0 Å². The van der Waals surface area contributed by atoms with Gasteiger partial charge in [-0.2, -0.15) is 0 Å². The Morgan fingerprint density at radius 1 is 1.75 bits per heavy atom. The number of hydrogen-bond donors (Lipinski definition) is 1. The van der Waals surface area contributed by atoms with E-state index < -0.39 is 0 Å². The van der Waals surface area contributed by atoms with Crippen LogP contribution in [0.2, 0.25) is 0 Å². The minimum absolute atomic E-state index is 0.0690. The maximum absolute atomic E-state index is 12.1. The number of aryl methyl sites for hydroxylation is 1. The van der Waals surface area contributed by atoms with Gasteiger partial charge in [-0.15, -0.1) is 0 Å². The van der Waals surface area contributed by atoms with Crippen molar-refractivity contribution in [3.8, 4) is 0 Å². The summed E-state index contributed by atoms with van der Waals surface area (Å²) >= 11 is 0. The Kier molecular flexibility index (Phi) is 3.21. The Labute approximate surface area is 93.3 Å². The third-order valence-electron chi connectivity index (χ3n) is 2.67. The predicted molar refractivity (Wildman–Crippen MR) is 55.9 cm³/mol. The maximum Gasteiger partial charge on any atom is 0.259 e. The molecule has 1 unspecified atom stereocenters. The maximum atomic E-state index is 12.1. The third-order valence-corrected chi connectivity index (χ3v) is 2.67. The molecule has 2 rings (SSSR count). The van der Waals surface area contributed by atoms with Gasteiger partial charge in [0, 0.05) is 19.6 Å². The highest BCUT2D eigenvalue weighted by atomic mass is 16.5. The summed E-state index contributed by atoms with van der Waals surface area (Å²) in [5, 5.41) is 3.60. The van der Waals surface area contributed by atoms with E-state index in [1.165, 1.54) is 6.20 Å². The van der Waals surface area contributed by atoms with E-state index in [4.69, 9.17) is 15.0 Å². The Bertz CT molecular complexity index is 377. The summed E-state index contributed by atoms with van der Waals surface area (Å²) in [5.74, 6) is 0.473. The van der Waals surface area contributed by atoms with Crippen molar-refractivity contribution in [2.45, 2.75) is 13.0 Å². The van der Waals surface area contributed by atoms with Crippen LogP contribution in [-0.4, -0.2) is 48.3 Å². The van der Waals surface area contributed by atoms with E-state index in [9.17, 15) is 4.79 Å². The van der Waals surface area contributed by atoms with Crippen molar-refractivity contribution in [1.29, 1.82) is 0 Å². The fourth-order valence-corrected chi connectivity index (χ4v) is 1.72. The molecule has 1 aliphatic rings. The third kappa shape index (κ3) is 2.07. The van der Waals surface area contributed by atoms with Gasteiger partial charge in [-0.3, -0.25) is 4.79 Å². The lowest BCUT2D eigenvalue weighted by molar-refractivity contribution is -0.0168.